The van der Waals surface area contributed by atoms with Crippen LogP contribution in [0.15, 0.2) is 29.2 Å². The smallest absolute Gasteiger partial charge is 0.243 e. The number of benzene rings is 1. The summed E-state index contributed by atoms with van der Waals surface area (Å²) < 4.78 is 28.1. The maximum atomic E-state index is 13.2. The Bertz CT molecular complexity index is 856. The van der Waals surface area contributed by atoms with Crippen LogP contribution in [-0.4, -0.2) is 74.2 Å². The fourth-order valence-corrected chi connectivity index (χ4v) is 7.18. The molecule has 0 bridgehead atoms. The average Bonchev–Trinajstić information content (AvgIpc) is 3.36. The maximum absolute atomic E-state index is 13.2. The number of aryl methyl sites for hydroxylation is 1. The Balaban J connectivity index is 1.44. The highest BCUT2D eigenvalue weighted by Gasteiger charge is 2.48. The molecule has 3 saturated heterocycles. The third-order valence-electron chi connectivity index (χ3n) is 7.20. The number of likely N-dealkylation sites (N-methyl/N-ethyl adjacent to an activating group) is 1. The third kappa shape index (κ3) is 3.84. The molecule has 1 amide bonds. The first-order valence-electron chi connectivity index (χ1n) is 10.9. The molecule has 1 aromatic rings. The van der Waals surface area contributed by atoms with Crippen molar-refractivity contribution in [1.29, 1.82) is 0 Å². The van der Waals surface area contributed by atoms with Gasteiger partial charge in [-0.15, -0.1) is 0 Å². The zero-order valence-electron chi connectivity index (χ0n) is 17.6. The van der Waals surface area contributed by atoms with E-state index >= 15 is 0 Å². The Morgan fingerprint density at radius 3 is 2.41 bits per heavy atom. The number of piperidine rings is 1. The van der Waals surface area contributed by atoms with Crippen molar-refractivity contribution in [2.24, 2.45) is 5.41 Å². The van der Waals surface area contributed by atoms with Crippen LogP contribution in [0.3, 0.4) is 0 Å². The van der Waals surface area contributed by atoms with E-state index in [-0.39, 0.29) is 17.4 Å². The van der Waals surface area contributed by atoms with E-state index in [1.54, 1.807) is 16.4 Å². The summed E-state index contributed by atoms with van der Waals surface area (Å²) in [6, 6.07) is 7.29. The Hall–Kier alpha value is -1.44. The molecule has 1 aromatic carbocycles. The van der Waals surface area contributed by atoms with E-state index in [1.807, 2.05) is 31.0 Å². The molecule has 29 heavy (non-hydrogen) atoms. The summed E-state index contributed by atoms with van der Waals surface area (Å²) in [5.41, 5.74) is 0.940. The lowest BCUT2D eigenvalue weighted by atomic mass is 9.77. The van der Waals surface area contributed by atoms with Crippen LogP contribution in [0.25, 0.3) is 0 Å². The van der Waals surface area contributed by atoms with Crippen LogP contribution in [0.4, 0.5) is 0 Å². The molecule has 0 saturated carbocycles. The predicted octanol–water partition coefficient (Wildman–Crippen LogP) is 2.35. The molecule has 1 spiro atoms. The SMILES string of the molecule is CCc1ccccc1S(=O)(=O)N1CCC2(CC1)CC(C(=O)N1CCCC1)N(C)C2. The number of hydrogen-bond acceptors (Lipinski definition) is 4. The number of likely N-dealkylation sites (tertiary alicyclic amines) is 2. The van der Waals surface area contributed by atoms with Crippen molar-refractivity contribution in [3.05, 3.63) is 29.8 Å². The van der Waals surface area contributed by atoms with E-state index in [0.29, 0.717) is 24.4 Å². The number of hydrogen-bond donors (Lipinski definition) is 0. The number of carbonyl (C=O) groups is 1. The molecular formula is C22H33N3O3S. The first-order valence-corrected chi connectivity index (χ1v) is 12.4. The monoisotopic (exact) mass is 419 g/mol. The van der Waals surface area contributed by atoms with Crippen LogP contribution in [0.2, 0.25) is 0 Å². The highest BCUT2D eigenvalue weighted by atomic mass is 32.2. The quantitative estimate of drug-likeness (QED) is 0.752. The fourth-order valence-electron chi connectivity index (χ4n) is 5.44. The number of carbonyl (C=O) groups excluding carboxylic acids is 1. The molecule has 0 N–H and O–H groups in total. The summed E-state index contributed by atoms with van der Waals surface area (Å²) in [6.45, 7) is 5.73. The van der Waals surface area contributed by atoms with Crippen LogP contribution in [0, 0.1) is 5.41 Å². The van der Waals surface area contributed by atoms with Crippen LogP contribution in [0.5, 0.6) is 0 Å². The van der Waals surface area contributed by atoms with Crippen LogP contribution in [-0.2, 0) is 21.2 Å². The van der Waals surface area contributed by atoms with Gasteiger partial charge in [-0.3, -0.25) is 9.69 Å². The molecule has 6 nitrogen and oxygen atoms in total. The minimum absolute atomic E-state index is 0.0444. The molecule has 3 fully saturated rings. The van der Waals surface area contributed by atoms with Crippen molar-refractivity contribution in [2.75, 3.05) is 39.8 Å². The first-order chi connectivity index (χ1) is 13.9. The van der Waals surface area contributed by atoms with E-state index < -0.39 is 10.0 Å². The van der Waals surface area contributed by atoms with Gasteiger partial charge in [0.1, 0.15) is 0 Å². The van der Waals surface area contributed by atoms with Gasteiger partial charge in [-0.1, -0.05) is 25.1 Å². The Kier molecular flexibility index (Phi) is 5.75. The molecule has 4 rings (SSSR count). The van der Waals surface area contributed by atoms with Crippen molar-refractivity contribution in [1.82, 2.24) is 14.1 Å². The summed E-state index contributed by atoms with van der Waals surface area (Å²) in [7, 11) is -1.41. The number of rotatable bonds is 4. The third-order valence-corrected chi connectivity index (χ3v) is 9.20. The molecule has 3 aliphatic heterocycles. The molecule has 3 heterocycles. The van der Waals surface area contributed by atoms with Gasteiger partial charge in [0.05, 0.1) is 10.9 Å². The molecule has 3 aliphatic rings. The van der Waals surface area contributed by atoms with Crippen molar-refractivity contribution in [3.8, 4) is 0 Å². The first kappa shape index (κ1) is 20.8. The van der Waals surface area contributed by atoms with Crippen LogP contribution in [0.1, 0.15) is 44.6 Å². The second-order valence-electron chi connectivity index (χ2n) is 9.03. The van der Waals surface area contributed by atoms with E-state index in [1.165, 1.54) is 0 Å². The van der Waals surface area contributed by atoms with Gasteiger partial charge >= 0.3 is 0 Å². The maximum Gasteiger partial charge on any atom is 0.243 e. The number of sulfonamides is 1. The molecule has 0 aliphatic carbocycles. The second kappa shape index (κ2) is 8.00. The summed E-state index contributed by atoms with van der Waals surface area (Å²) in [6.07, 6.45) is 5.44. The van der Waals surface area contributed by atoms with Crippen molar-refractivity contribution in [3.63, 3.8) is 0 Å². The Morgan fingerprint density at radius 2 is 1.76 bits per heavy atom. The lowest BCUT2D eigenvalue weighted by Crippen LogP contribution is -2.44. The van der Waals surface area contributed by atoms with Gasteiger partial charge < -0.3 is 4.90 Å². The lowest BCUT2D eigenvalue weighted by molar-refractivity contribution is -0.134. The predicted molar refractivity (Wildman–Crippen MR) is 113 cm³/mol. The van der Waals surface area contributed by atoms with Crippen LogP contribution < -0.4 is 0 Å². The fraction of sp³-hybridized carbons (Fsp3) is 0.682. The molecule has 1 atom stereocenters. The lowest BCUT2D eigenvalue weighted by Gasteiger charge is -2.38. The summed E-state index contributed by atoms with van der Waals surface area (Å²) in [4.78, 5) is 17.6. The van der Waals surface area contributed by atoms with E-state index in [0.717, 1.165) is 57.3 Å². The van der Waals surface area contributed by atoms with E-state index in [4.69, 9.17) is 0 Å². The van der Waals surface area contributed by atoms with Gasteiger partial charge in [-0.25, -0.2) is 8.42 Å². The van der Waals surface area contributed by atoms with Crippen LogP contribution >= 0.6 is 0 Å². The van der Waals surface area contributed by atoms with Crippen molar-refractivity contribution < 1.29 is 13.2 Å². The topological polar surface area (TPSA) is 60.9 Å². The minimum Gasteiger partial charge on any atom is -0.341 e. The standard InChI is InChI=1S/C22H33N3O3S/c1-3-18-8-4-5-9-20(18)29(27,28)25-14-10-22(11-15-25)16-19(23(2)17-22)21(26)24-12-6-7-13-24/h4-5,8-9,19H,3,6-7,10-17H2,1-2H3. The molecule has 0 aromatic heterocycles. The zero-order valence-corrected chi connectivity index (χ0v) is 18.5. The van der Waals surface area contributed by atoms with Gasteiger partial charge in [0.2, 0.25) is 15.9 Å². The van der Waals surface area contributed by atoms with Gasteiger partial charge in [-0.05, 0) is 62.6 Å². The van der Waals surface area contributed by atoms with Gasteiger partial charge in [0.15, 0.2) is 0 Å². The molecule has 1 unspecified atom stereocenters. The Morgan fingerprint density at radius 1 is 1.10 bits per heavy atom. The summed E-state index contributed by atoms with van der Waals surface area (Å²) in [5, 5.41) is 0. The molecule has 160 valence electrons. The van der Waals surface area contributed by atoms with Gasteiger partial charge in [0.25, 0.3) is 0 Å². The summed E-state index contributed by atoms with van der Waals surface area (Å²) in [5.74, 6) is 0.272. The van der Waals surface area contributed by atoms with Crippen molar-refractivity contribution in [2.45, 2.75) is 56.4 Å². The zero-order chi connectivity index (χ0) is 20.6. The minimum atomic E-state index is -3.46. The van der Waals surface area contributed by atoms with Gasteiger partial charge in [0, 0.05) is 32.7 Å². The van der Waals surface area contributed by atoms with Gasteiger partial charge in [-0.2, -0.15) is 4.31 Å². The highest BCUT2D eigenvalue weighted by molar-refractivity contribution is 7.89. The second-order valence-corrected chi connectivity index (χ2v) is 10.9. The molecule has 7 heteroatoms. The van der Waals surface area contributed by atoms with E-state index in [2.05, 4.69) is 4.90 Å². The normalized spacial score (nSPS) is 25.7. The molecule has 0 radical (unpaired) electrons. The highest BCUT2D eigenvalue weighted by Crippen LogP contribution is 2.44. The van der Waals surface area contributed by atoms with E-state index in [9.17, 15) is 13.2 Å². The number of nitrogens with zero attached hydrogens (tertiary/aromatic N) is 3. The summed E-state index contributed by atoms with van der Waals surface area (Å²) >= 11 is 0. The Labute approximate surface area is 174 Å². The molecular weight excluding hydrogens is 386 g/mol. The largest absolute Gasteiger partial charge is 0.341 e. The number of amides is 1. The van der Waals surface area contributed by atoms with Crippen molar-refractivity contribution >= 4 is 15.9 Å². The average molecular weight is 420 g/mol.